The molecule has 75 heavy (non-hydrogen) atoms. The molecule has 2 amide bonds. The molecule has 3 rings (SSSR count). The second kappa shape index (κ2) is 26.7. The monoisotopic (exact) mass is 1080 g/mol. The summed E-state index contributed by atoms with van der Waals surface area (Å²) in [6, 6.07) is -0.496. The highest BCUT2D eigenvalue weighted by molar-refractivity contribution is 5.84. The molecular formula is C53H93N3O19. The summed E-state index contributed by atoms with van der Waals surface area (Å²) in [6.45, 7) is 25.7. The van der Waals surface area contributed by atoms with E-state index in [0.717, 1.165) is 0 Å². The fourth-order valence-corrected chi connectivity index (χ4v) is 10.3. The molecule has 0 unspecified atom stereocenters. The number of Topliss-reactive ketones (excluding diaryl/α,β-unsaturated/α-hetero) is 1. The SMILES string of the molecule is CC[C@H]1OC(=O)[C@H](C)[C@@H](O[C@H]2C[C@@](C)(OC)[C@@H](O)[C@H](C)O2)[C@H](C)[C@@H](O[C@@H]2O[C@H](C)C[C@H](N(C)C)[C@H]2OC(=O)CCNC(=O)OC(C)(C)C)[C@@](C)(O)C[C@@H](C)C(=O)[C@H](C)[C@@H](OC(=O)CCNC(=O)OC(C)(C)C)[C@@]1(C)O. The number of aliphatic hydroxyl groups is 3. The van der Waals surface area contributed by atoms with Gasteiger partial charge in [0, 0.05) is 38.5 Å². The largest absolute Gasteiger partial charge is 0.459 e. The zero-order valence-corrected chi connectivity index (χ0v) is 48.1. The number of nitrogens with zero attached hydrogens (tertiary/aromatic N) is 1. The van der Waals surface area contributed by atoms with Gasteiger partial charge >= 0.3 is 30.1 Å². The number of methoxy groups -OCH3 is 1. The summed E-state index contributed by atoms with van der Waals surface area (Å²) in [4.78, 5) is 83.4. The highest BCUT2D eigenvalue weighted by Gasteiger charge is 2.55. The van der Waals surface area contributed by atoms with E-state index in [1.54, 1.807) is 97.2 Å². The number of alkyl carbamates (subject to hydrolysis) is 2. The number of ketones is 1. The number of hydrogen-bond acceptors (Lipinski definition) is 20. The fraction of sp³-hybridized carbons (Fsp3) is 0.887. The summed E-state index contributed by atoms with van der Waals surface area (Å²) in [6.07, 6.45) is -13.7. The lowest BCUT2D eigenvalue weighted by Gasteiger charge is -2.49. The Morgan fingerprint density at radius 2 is 1.29 bits per heavy atom. The van der Waals surface area contributed by atoms with Crippen LogP contribution in [0.4, 0.5) is 9.59 Å². The molecule has 22 heteroatoms. The van der Waals surface area contributed by atoms with Gasteiger partial charge in [0.15, 0.2) is 18.7 Å². The first-order valence-electron chi connectivity index (χ1n) is 26.4. The summed E-state index contributed by atoms with van der Waals surface area (Å²) in [5, 5.41) is 41.7. The number of nitrogens with one attached hydrogen (secondary N) is 2. The molecular weight excluding hydrogens is 983 g/mol. The quantitative estimate of drug-likeness (QED) is 0.110. The summed E-state index contributed by atoms with van der Waals surface area (Å²) >= 11 is 0. The second-order valence-electron chi connectivity index (χ2n) is 23.8. The minimum absolute atomic E-state index is 0.00739. The van der Waals surface area contributed by atoms with E-state index < -0.39 is 155 Å². The molecule has 0 aromatic rings. The first-order valence-corrected chi connectivity index (χ1v) is 26.4. The van der Waals surface area contributed by atoms with Crippen LogP contribution in [0.25, 0.3) is 0 Å². The number of esters is 3. The van der Waals surface area contributed by atoms with Crippen molar-refractivity contribution in [3.63, 3.8) is 0 Å². The molecule has 0 aliphatic carbocycles. The molecule has 3 aliphatic heterocycles. The minimum Gasteiger partial charge on any atom is -0.459 e. The Bertz CT molecular complexity index is 1920. The maximum atomic E-state index is 14.8. The maximum Gasteiger partial charge on any atom is 0.407 e. The highest BCUT2D eigenvalue weighted by Crippen LogP contribution is 2.41. The molecule has 0 saturated carbocycles. The zero-order valence-electron chi connectivity index (χ0n) is 48.1. The lowest BCUT2D eigenvalue weighted by atomic mass is 9.74. The molecule has 0 bridgehead atoms. The van der Waals surface area contributed by atoms with Crippen molar-refractivity contribution in [3.05, 3.63) is 0 Å². The number of likely N-dealkylation sites (N-methyl/N-ethyl adjacent to an activating group) is 1. The topological polar surface area (TPSA) is 283 Å². The summed E-state index contributed by atoms with van der Waals surface area (Å²) in [5.74, 6) is -7.55. The Kier molecular flexibility index (Phi) is 23.4. The van der Waals surface area contributed by atoms with Gasteiger partial charge < -0.3 is 78.2 Å². The van der Waals surface area contributed by atoms with Gasteiger partial charge in [0.1, 0.15) is 40.9 Å². The Morgan fingerprint density at radius 3 is 1.79 bits per heavy atom. The van der Waals surface area contributed by atoms with Crippen LogP contribution in [-0.2, 0) is 66.5 Å². The first-order chi connectivity index (χ1) is 34.4. The predicted molar refractivity (Wildman–Crippen MR) is 272 cm³/mol. The molecule has 434 valence electrons. The van der Waals surface area contributed by atoms with Crippen LogP contribution >= 0.6 is 0 Å². The van der Waals surface area contributed by atoms with Crippen LogP contribution in [0.2, 0.25) is 0 Å². The molecule has 3 heterocycles. The molecule has 0 radical (unpaired) electrons. The minimum atomic E-state index is -2.19. The molecule has 3 saturated heterocycles. The molecule has 18 atom stereocenters. The molecule has 0 aromatic carbocycles. The smallest absolute Gasteiger partial charge is 0.407 e. The Balaban J connectivity index is 2.20. The number of hydrogen-bond donors (Lipinski definition) is 5. The van der Waals surface area contributed by atoms with Gasteiger partial charge in [-0.3, -0.25) is 19.2 Å². The number of cyclic esters (lactones) is 1. The van der Waals surface area contributed by atoms with Gasteiger partial charge in [0.25, 0.3) is 0 Å². The Labute approximate surface area is 444 Å². The van der Waals surface area contributed by atoms with E-state index in [1.165, 1.54) is 27.9 Å². The van der Waals surface area contributed by atoms with Crippen LogP contribution in [-0.4, -0.2) is 186 Å². The summed E-state index contributed by atoms with van der Waals surface area (Å²) in [5.41, 5.74) is -6.94. The summed E-state index contributed by atoms with van der Waals surface area (Å²) < 4.78 is 61.0. The fourth-order valence-electron chi connectivity index (χ4n) is 10.3. The normalized spacial score (nSPS) is 37.6. The molecule has 0 spiro atoms. The van der Waals surface area contributed by atoms with Crippen LogP contribution < -0.4 is 10.6 Å². The van der Waals surface area contributed by atoms with E-state index in [4.69, 9.17) is 47.4 Å². The molecule has 3 aliphatic rings. The number of amides is 2. The molecule has 0 aromatic heterocycles. The lowest BCUT2D eigenvalue weighted by Crippen LogP contribution is -2.62. The van der Waals surface area contributed by atoms with Crippen molar-refractivity contribution in [3.8, 4) is 0 Å². The van der Waals surface area contributed by atoms with Crippen LogP contribution in [0.15, 0.2) is 0 Å². The number of carbonyl (C=O) groups is 6. The van der Waals surface area contributed by atoms with Crippen molar-refractivity contribution in [2.24, 2.45) is 23.7 Å². The Morgan fingerprint density at radius 1 is 0.760 bits per heavy atom. The van der Waals surface area contributed by atoms with Gasteiger partial charge in [0.2, 0.25) is 0 Å². The van der Waals surface area contributed by atoms with Crippen LogP contribution in [0.5, 0.6) is 0 Å². The third kappa shape index (κ3) is 18.4. The zero-order chi connectivity index (χ0) is 57.3. The van der Waals surface area contributed by atoms with E-state index in [2.05, 4.69) is 10.6 Å². The number of rotatable bonds is 15. The maximum absolute atomic E-state index is 14.8. The van der Waals surface area contributed by atoms with Crippen molar-refractivity contribution in [1.29, 1.82) is 0 Å². The van der Waals surface area contributed by atoms with Gasteiger partial charge in [-0.05, 0) is 116 Å². The third-order valence-electron chi connectivity index (χ3n) is 14.3. The van der Waals surface area contributed by atoms with Crippen molar-refractivity contribution in [2.75, 3.05) is 34.3 Å². The average molecular weight is 1080 g/mol. The van der Waals surface area contributed by atoms with Crippen molar-refractivity contribution in [1.82, 2.24) is 15.5 Å². The van der Waals surface area contributed by atoms with Gasteiger partial charge in [-0.25, -0.2) is 9.59 Å². The number of carbonyl (C=O) groups excluding carboxylic acids is 6. The van der Waals surface area contributed by atoms with Crippen LogP contribution in [0, 0.1) is 23.7 Å². The summed E-state index contributed by atoms with van der Waals surface area (Å²) in [7, 11) is 5.06. The third-order valence-corrected chi connectivity index (χ3v) is 14.3. The van der Waals surface area contributed by atoms with Crippen LogP contribution in [0.3, 0.4) is 0 Å². The van der Waals surface area contributed by atoms with Crippen LogP contribution in [0.1, 0.15) is 149 Å². The van der Waals surface area contributed by atoms with E-state index >= 15 is 0 Å². The van der Waals surface area contributed by atoms with E-state index in [9.17, 15) is 44.1 Å². The van der Waals surface area contributed by atoms with Gasteiger partial charge in [-0.2, -0.15) is 0 Å². The second-order valence-corrected chi connectivity index (χ2v) is 23.8. The van der Waals surface area contributed by atoms with Gasteiger partial charge in [0.05, 0.1) is 66.3 Å². The number of aliphatic hydroxyl groups excluding tert-OH is 1. The first kappa shape index (κ1) is 65.5. The van der Waals surface area contributed by atoms with E-state index in [0.29, 0.717) is 6.42 Å². The van der Waals surface area contributed by atoms with Crippen molar-refractivity contribution in [2.45, 2.75) is 245 Å². The molecule has 5 N–H and O–H groups in total. The predicted octanol–water partition coefficient (Wildman–Crippen LogP) is 4.72. The Hall–Kier alpha value is -3.74. The van der Waals surface area contributed by atoms with E-state index in [1.807, 2.05) is 11.8 Å². The van der Waals surface area contributed by atoms with E-state index in [-0.39, 0.29) is 45.2 Å². The van der Waals surface area contributed by atoms with Crippen molar-refractivity contribution >= 4 is 35.9 Å². The standard InChI is InChI=1S/C53H93N3O19/c1-20-35-53(16,65)44(71-37(58)22-24-55-48(63)75-50(11,12)13)30(4)39(59)28(2)26-51(14,64)43(31(5)40(32(6)45(61)69-35)72-38-27-52(15,66-19)42(60)33(7)68-38)73-46-41(34(56(17)18)25-29(3)67-46)70-36(57)21-23-54-47(62)74-49(8,9)10/h28-35,38,40-44,46,60,64-65H,20-27H2,1-19H3,(H,54,62)(H,55,63)/t28-,29-,30+,31+,32-,33+,34+,35-,38+,40+,41-,42+,43-,44-,46+,51+,52-,53+/m1/s1. The van der Waals surface area contributed by atoms with Gasteiger partial charge in [-0.15, -0.1) is 0 Å². The average Bonchev–Trinajstić information content (AvgIpc) is 3.27. The molecule has 3 fully saturated rings. The number of ether oxygens (including phenoxy) is 10. The molecule has 22 nitrogen and oxygen atoms in total. The highest BCUT2D eigenvalue weighted by atomic mass is 16.7. The van der Waals surface area contributed by atoms with Gasteiger partial charge in [-0.1, -0.05) is 27.7 Å². The van der Waals surface area contributed by atoms with Crippen molar-refractivity contribution < 1.29 is 91.5 Å². The lowest BCUT2D eigenvalue weighted by molar-refractivity contribution is -0.319.